The van der Waals surface area contributed by atoms with Crippen molar-refractivity contribution in [3.63, 3.8) is 0 Å². The molecule has 21 heavy (non-hydrogen) atoms. The summed E-state index contributed by atoms with van der Waals surface area (Å²) in [5.74, 6) is -0.650. The van der Waals surface area contributed by atoms with Crippen molar-refractivity contribution < 1.29 is 9.18 Å². The number of amides is 1. The standard InChI is InChI=1S/C15H17FN4O/c16-12-3-1-4-13(18-11-5-6-11)15(12)19-14(21)7-10-20-9-2-8-17-20/h1-4,8-9,11,18H,5-7,10H2,(H,19,21). The molecule has 1 saturated carbocycles. The van der Waals surface area contributed by atoms with Crippen molar-refractivity contribution in [3.8, 4) is 0 Å². The Kier molecular flexibility index (Phi) is 3.85. The van der Waals surface area contributed by atoms with Crippen LogP contribution < -0.4 is 10.6 Å². The Morgan fingerprint density at radius 1 is 1.38 bits per heavy atom. The molecule has 1 fully saturated rings. The quantitative estimate of drug-likeness (QED) is 0.859. The zero-order valence-electron chi connectivity index (χ0n) is 11.6. The smallest absolute Gasteiger partial charge is 0.226 e. The number of nitrogens with zero attached hydrogens (tertiary/aromatic N) is 2. The summed E-state index contributed by atoms with van der Waals surface area (Å²) in [6, 6.07) is 6.96. The number of nitrogens with one attached hydrogen (secondary N) is 2. The summed E-state index contributed by atoms with van der Waals surface area (Å²) in [5.41, 5.74) is 0.875. The molecule has 2 aromatic rings. The van der Waals surface area contributed by atoms with Gasteiger partial charge in [0.05, 0.1) is 5.69 Å². The van der Waals surface area contributed by atoms with E-state index in [4.69, 9.17) is 0 Å². The minimum absolute atomic E-state index is 0.227. The van der Waals surface area contributed by atoms with Gasteiger partial charge in [0.1, 0.15) is 11.5 Å². The van der Waals surface area contributed by atoms with Crippen molar-refractivity contribution in [2.75, 3.05) is 10.6 Å². The molecule has 0 saturated heterocycles. The van der Waals surface area contributed by atoms with Crippen molar-refractivity contribution >= 4 is 17.3 Å². The van der Waals surface area contributed by atoms with E-state index in [1.807, 2.05) is 0 Å². The number of rotatable bonds is 6. The molecule has 5 nitrogen and oxygen atoms in total. The SMILES string of the molecule is O=C(CCn1cccn1)Nc1c(F)cccc1NC1CC1. The van der Waals surface area contributed by atoms with Crippen molar-refractivity contribution in [2.24, 2.45) is 0 Å². The first-order valence-electron chi connectivity index (χ1n) is 7.05. The van der Waals surface area contributed by atoms with Crippen LogP contribution in [0.15, 0.2) is 36.7 Å². The summed E-state index contributed by atoms with van der Waals surface area (Å²) in [7, 11) is 0. The number of aryl methyl sites for hydroxylation is 1. The largest absolute Gasteiger partial charge is 0.381 e. The van der Waals surface area contributed by atoms with Gasteiger partial charge in [-0.05, 0) is 31.0 Å². The average Bonchev–Trinajstić information content (AvgIpc) is 3.13. The lowest BCUT2D eigenvalue weighted by molar-refractivity contribution is -0.116. The van der Waals surface area contributed by atoms with Crippen LogP contribution in [0.5, 0.6) is 0 Å². The summed E-state index contributed by atoms with van der Waals surface area (Å²) in [5, 5.41) is 9.91. The summed E-state index contributed by atoms with van der Waals surface area (Å²) >= 11 is 0. The number of carbonyl (C=O) groups is 1. The molecule has 0 unspecified atom stereocenters. The molecule has 1 aliphatic rings. The van der Waals surface area contributed by atoms with E-state index in [2.05, 4.69) is 15.7 Å². The summed E-state index contributed by atoms with van der Waals surface area (Å²) in [6.45, 7) is 0.471. The van der Waals surface area contributed by atoms with Gasteiger partial charge >= 0.3 is 0 Å². The van der Waals surface area contributed by atoms with E-state index < -0.39 is 5.82 Å². The number of halogens is 1. The average molecular weight is 288 g/mol. The van der Waals surface area contributed by atoms with Crippen LogP contribution in [0.25, 0.3) is 0 Å². The maximum absolute atomic E-state index is 13.9. The molecular weight excluding hydrogens is 271 g/mol. The number of benzene rings is 1. The summed E-state index contributed by atoms with van der Waals surface area (Å²) < 4.78 is 15.6. The van der Waals surface area contributed by atoms with Gasteiger partial charge in [0.2, 0.25) is 5.91 Å². The lowest BCUT2D eigenvalue weighted by Gasteiger charge is -2.13. The molecule has 0 radical (unpaired) electrons. The molecule has 1 aliphatic carbocycles. The zero-order valence-corrected chi connectivity index (χ0v) is 11.6. The highest BCUT2D eigenvalue weighted by atomic mass is 19.1. The first kappa shape index (κ1) is 13.6. The second-order valence-corrected chi connectivity index (χ2v) is 5.15. The Hall–Kier alpha value is -2.37. The Bertz CT molecular complexity index is 623. The van der Waals surface area contributed by atoms with Crippen molar-refractivity contribution in [3.05, 3.63) is 42.5 Å². The molecule has 1 aromatic carbocycles. The van der Waals surface area contributed by atoms with E-state index in [0.29, 0.717) is 18.3 Å². The van der Waals surface area contributed by atoms with Crippen LogP contribution in [0.2, 0.25) is 0 Å². The third kappa shape index (κ3) is 3.59. The van der Waals surface area contributed by atoms with Crippen LogP contribution in [-0.2, 0) is 11.3 Å². The molecule has 1 heterocycles. The molecule has 6 heteroatoms. The van der Waals surface area contributed by atoms with E-state index >= 15 is 0 Å². The van der Waals surface area contributed by atoms with E-state index in [0.717, 1.165) is 12.8 Å². The number of hydrogen-bond donors (Lipinski definition) is 2. The fourth-order valence-corrected chi connectivity index (χ4v) is 2.07. The van der Waals surface area contributed by atoms with Crippen molar-refractivity contribution in [2.45, 2.75) is 31.8 Å². The van der Waals surface area contributed by atoms with E-state index in [-0.39, 0.29) is 18.0 Å². The van der Waals surface area contributed by atoms with Crippen LogP contribution in [0.1, 0.15) is 19.3 Å². The second kappa shape index (κ2) is 5.95. The molecule has 1 amide bonds. The maximum Gasteiger partial charge on any atom is 0.226 e. The van der Waals surface area contributed by atoms with Crippen LogP contribution in [0, 0.1) is 5.82 Å². The summed E-state index contributed by atoms with van der Waals surface area (Å²) in [6.07, 6.45) is 5.87. The van der Waals surface area contributed by atoms with Gasteiger partial charge in [0.25, 0.3) is 0 Å². The second-order valence-electron chi connectivity index (χ2n) is 5.15. The molecule has 0 aliphatic heterocycles. The normalized spacial score (nSPS) is 14.0. The number of hydrogen-bond acceptors (Lipinski definition) is 3. The lowest BCUT2D eigenvalue weighted by atomic mass is 10.2. The van der Waals surface area contributed by atoms with Crippen molar-refractivity contribution in [1.29, 1.82) is 0 Å². The minimum Gasteiger partial charge on any atom is -0.381 e. The van der Waals surface area contributed by atoms with Gasteiger partial charge < -0.3 is 10.6 Å². The van der Waals surface area contributed by atoms with E-state index in [9.17, 15) is 9.18 Å². The Balaban J connectivity index is 1.64. The van der Waals surface area contributed by atoms with Gasteiger partial charge in [-0.1, -0.05) is 6.07 Å². The van der Waals surface area contributed by atoms with Gasteiger partial charge in [-0.2, -0.15) is 5.10 Å². The molecule has 1 aromatic heterocycles. The third-order valence-corrected chi connectivity index (χ3v) is 3.34. The number of aromatic nitrogens is 2. The highest BCUT2D eigenvalue weighted by Crippen LogP contribution is 2.31. The van der Waals surface area contributed by atoms with Gasteiger partial charge in [-0.3, -0.25) is 9.48 Å². The van der Waals surface area contributed by atoms with Gasteiger partial charge in [0, 0.05) is 31.4 Å². The minimum atomic E-state index is -0.423. The molecule has 0 atom stereocenters. The number of para-hydroxylation sites is 1. The fraction of sp³-hybridized carbons (Fsp3) is 0.333. The number of anilines is 2. The highest BCUT2D eigenvalue weighted by Gasteiger charge is 2.23. The molecule has 0 bridgehead atoms. The van der Waals surface area contributed by atoms with Gasteiger partial charge in [-0.25, -0.2) is 4.39 Å². The van der Waals surface area contributed by atoms with Crippen LogP contribution in [-0.4, -0.2) is 21.7 Å². The topological polar surface area (TPSA) is 59.0 Å². The van der Waals surface area contributed by atoms with Crippen molar-refractivity contribution in [1.82, 2.24) is 9.78 Å². The molecule has 2 N–H and O–H groups in total. The molecule has 0 spiro atoms. The Morgan fingerprint density at radius 2 is 2.24 bits per heavy atom. The van der Waals surface area contributed by atoms with Crippen LogP contribution >= 0.6 is 0 Å². The third-order valence-electron chi connectivity index (χ3n) is 3.34. The highest BCUT2D eigenvalue weighted by molar-refractivity contribution is 5.94. The van der Waals surface area contributed by atoms with Crippen LogP contribution in [0.4, 0.5) is 15.8 Å². The molecule has 110 valence electrons. The molecule has 3 rings (SSSR count). The lowest BCUT2D eigenvalue weighted by Crippen LogP contribution is -2.17. The van der Waals surface area contributed by atoms with Crippen LogP contribution in [0.3, 0.4) is 0 Å². The predicted octanol–water partition coefficient (Wildman–Crippen LogP) is 2.63. The maximum atomic E-state index is 13.9. The first-order chi connectivity index (χ1) is 10.2. The predicted molar refractivity (Wildman–Crippen MR) is 78.5 cm³/mol. The van der Waals surface area contributed by atoms with Gasteiger partial charge in [-0.15, -0.1) is 0 Å². The first-order valence-corrected chi connectivity index (χ1v) is 7.05. The number of carbonyl (C=O) groups excluding carboxylic acids is 1. The Labute approximate surface area is 122 Å². The summed E-state index contributed by atoms with van der Waals surface area (Å²) in [4.78, 5) is 12.0. The van der Waals surface area contributed by atoms with E-state index in [1.165, 1.54) is 6.07 Å². The Morgan fingerprint density at radius 3 is 2.95 bits per heavy atom. The van der Waals surface area contributed by atoms with Gasteiger partial charge in [0.15, 0.2) is 0 Å². The zero-order chi connectivity index (χ0) is 14.7. The fourth-order valence-electron chi connectivity index (χ4n) is 2.07. The van der Waals surface area contributed by atoms with E-state index in [1.54, 1.807) is 35.3 Å². The molecular formula is C15H17FN4O. The monoisotopic (exact) mass is 288 g/mol.